The summed E-state index contributed by atoms with van der Waals surface area (Å²) in [5, 5.41) is 19.9. The van der Waals surface area contributed by atoms with Crippen molar-refractivity contribution in [1.29, 1.82) is 0 Å². The first-order chi connectivity index (χ1) is 6.61. The Kier molecular flexibility index (Phi) is 2.76. The Hall–Kier alpha value is -1.98. The lowest BCUT2D eigenvalue weighted by Crippen LogP contribution is -1.94. The maximum atomic E-state index is 10.4. The molecule has 0 unspecified atom stereocenters. The summed E-state index contributed by atoms with van der Waals surface area (Å²) < 4.78 is 9.62. The fraction of sp³-hybridized carbons (Fsp3) is 0.250. The van der Waals surface area contributed by atoms with Crippen LogP contribution >= 0.6 is 0 Å². The summed E-state index contributed by atoms with van der Waals surface area (Å²) in [4.78, 5) is 9.74. The van der Waals surface area contributed by atoms with Gasteiger partial charge >= 0.3 is 5.69 Å². The third-order valence-corrected chi connectivity index (χ3v) is 1.69. The SMILES string of the molecule is COc1ccc([N+](=O)[O-])c(O)c1OC. The van der Waals surface area contributed by atoms with Crippen LogP contribution in [0.5, 0.6) is 17.2 Å². The summed E-state index contributed by atoms with van der Waals surface area (Å²) in [6.45, 7) is 0. The number of methoxy groups -OCH3 is 2. The molecule has 0 radical (unpaired) electrons. The van der Waals surface area contributed by atoms with Gasteiger partial charge < -0.3 is 14.6 Å². The van der Waals surface area contributed by atoms with E-state index in [9.17, 15) is 15.2 Å². The van der Waals surface area contributed by atoms with Crippen molar-refractivity contribution in [3.05, 3.63) is 22.2 Å². The molecule has 76 valence electrons. The van der Waals surface area contributed by atoms with Gasteiger partial charge in [0.05, 0.1) is 19.1 Å². The molecule has 1 aromatic rings. The molecule has 0 heterocycles. The van der Waals surface area contributed by atoms with Gasteiger partial charge in [0.15, 0.2) is 5.75 Å². The fourth-order valence-corrected chi connectivity index (χ4v) is 1.05. The second-order valence-corrected chi connectivity index (χ2v) is 2.43. The lowest BCUT2D eigenvalue weighted by molar-refractivity contribution is -0.386. The van der Waals surface area contributed by atoms with Crippen LogP contribution in [0.4, 0.5) is 5.69 Å². The number of aromatic hydroxyl groups is 1. The fourth-order valence-electron chi connectivity index (χ4n) is 1.05. The van der Waals surface area contributed by atoms with Gasteiger partial charge in [0, 0.05) is 6.07 Å². The predicted octanol–water partition coefficient (Wildman–Crippen LogP) is 1.32. The molecule has 1 rings (SSSR count). The number of phenolic OH excluding ortho intramolecular Hbond substituents is 1. The molecule has 1 N–H and O–H groups in total. The molecule has 0 aliphatic carbocycles. The van der Waals surface area contributed by atoms with Gasteiger partial charge in [-0.25, -0.2) is 0 Å². The summed E-state index contributed by atoms with van der Waals surface area (Å²) in [5.41, 5.74) is -0.414. The largest absolute Gasteiger partial charge is 0.499 e. The van der Waals surface area contributed by atoms with Crippen molar-refractivity contribution >= 4 is 5.69 Å². The number of benzene rings is 1. The van der Waals surface area contributed by atoms with E-state index >= 15 is 0 Å². The van der Waals surface area contributed by atoms with Crippen LogP contribution in [0.15, 0.2) is 12.1 Å². The van der Waals surface area contributed by atoms with E-state index in [0.29, 0.717) is 0 Å². The summed E-state index contributed by atoms with van der Waals surface area (Å²) in [6, 6.07) is 2.51. The number of nitro groups is 1. The minimum atomic E-state index is -0.697. The van der Waals surface area contributed by atoms with Gasteiger partial charge in [0.25, 0.3) is 0 Å². The van der Waals surface area contributed by atoms with Crippen molar-refractivity contribution in [2.75, 3.05) is 14.2 Å². The van der Waals surface area contributed by atoms with Crippen molar-refractivity contribution < 1.29 is 19.5 Å². The van der Waals surface area contributed by atoms with Crippen LogP contribution in [-0.2, 0) is 0 Å². The number of rotatable bonds is 3. The number of phenols is 1. The quantitative estimate of drug-likeness (QED) is 0.586. The van der Waals surface area contributed by atoms with Gasteiger partial charge in [-0.2, -0.15) is 0 Å². The van der Waals surface area contributed by atoms with Crippen LogP contribution in [0.3, 0.4) is 0 Å². The van der Waals surface area contributed by atoms with E-state index in [1.807, 2.05) is 0 Å². The summed E-state index contributed by atoms with van der Waals surface area (Å²) in [5.74, 6) is -0.325. The minimum absolute atomic E-state index is 0.0401. The second-order valence-electron chi connectivity index (χ2n) is 2.43. The standard InChI is InChI=1S/C8H9NO5/c1-13-6-4-3-5(9(11)12)7(10)8(6)14-2/h3-4,10H,1-2H3. The van der Waals surface area contributed by atoms with Gasteiger partial charge in [-0.1, -0.05) is 0 Å². The highest BCUT2D eigenvalue weighted by atomic mass is 16.6. The number of hydrogen-bond donors (Lipinski definition) is 1. The van der Waals surface area contributed by atoms with Gasteiger partial charge in [-0.05, 0) is 6.07 Å². The summed E-state index contributed by atoms with van der Waals surface area (Å²) >= 11 is 0. The third kappa shape index (κ3) is 1.54. The lowest BCUT2D eigenvalue weighted by atomic mass is 10.2. The molecule has 0 spiro atoms. The molecule has 0 bridgehead atoms. The van der Waals surface area contributed by atoms with E-state index in [2.05, 4.69) is 0 Å². The van der Waals surface area contributed by atoms with E-state index in [1.54, 1.807) is 0 Å². The highest BCUT2D eigenvalue weighted by molar-refractivity contribution is 5.61. The monoisotopic (exact) mass is 199 g/mol. The number of ether oxygens (including phenoxy) is 2. The van der Waals surface area contributed by atoms with Gasteiger partial charge in [0.1, 0.15) is 0 Å². The van der Waals surface area contributed by atoms with E-state index in [0.717, 1.165) is 6.07 Å². The van der Waals surface area contributed by atoms with Crippen molar-refractivity contribution in [3.63, 3.8) is 0 Å². The Morgan fingerprint density at radius 3 is 2.43 bits per heavy atom. The van der Waals surface area contributed by atoms with Crippen LogP contribution in [0.1, 0.15) is 0 Å². The maximum Gasteiger partial charge on any atom is 0.314 e. The maximum absolute atomic E-state index is 10.4. The zero-order valence-electron chi connectivity index (χ0n) is 7.68. The first kappa shape index (κ1) is 10.1. The van der Waals surface area contributed by atoms with Gasteiger partial charge in [-0.15, -0.1) is 0 Å². The number of nitrogens with zero attached hydrogens (tertiary/aromatic N) is 1. The molecular weight excluding hydrogens is 190 g/mol. The molecule has 6 heteroatoms. The zero-order chi connectivity index (χ0) is 10.7. The molecule has 0 saturated carbocycles. The van der Waals surface area contributed by atoms with Gasteiger partial charge in [-0.3, -0.25) is 10.1 Å². The molecule has 6 nitrogen and oxygen atoms in total. The van der Waals surface area contributed by atoms with Crippen LogP contribution in [0, 0.1) is 10.1 Å². The van der Waals surface area contributed by atoms with Crippen molar-refractivity contribution in [2.24, 2.45) is 0 Å². The Morgan fingerprint density at radius 2 is 2.00 bits per heavy atom. The Balaban J connectivity index is 3.34. The molecule has 0 aliphatic rings. The van der Waals surface area contributed by atoms with Crippen LogP contribution in [0.25, 0.3) is 0 Å². The topological polar surface area (TPSA) is 81.8 Å². The average Bonchev–Trinajstić information content (AvgIpc) is 2.16. The molecular formula is C8H9NO5. The van der Waals surface area contributed by atoms with E-state index in [1.165, 1.54) is 20.3 Å². The van der Waals surface area contributed by atoms with Crippen molar-refractivity contribution in [2.45, 2.75) is 0 Å². The first-order valence-electron chi connectivity index (χ1n) is 3.70. The van der Waals surface area contributed by atoms with E-state index in [-0.39, 0.29) is 11.5 Å². The molecule has 0 amide bonds. The normalized spacial score (nSPS) is 9.57. The Morgan fingerprint density at radius 1 is 1.36 bits per heavy atom. The van der Waals surface area contributed by atoms with E-state index in [4.69, 9.17) is 9.47 Å². The third-order valence-electron chi connectivity index (χ3n) is 1.69. The number of nitro benzene ring substituents is 1. The summed E-state index contributed by atoms with van der Waals surface area (Å²) in [7, 11) is 2.67. The molecule has 0 saturated heterocycles. The molecule has 0 atom stereocenters. The molecule has 14 heavy (non-hydrogen) atoms. The second kappa shape index (κ2) is 3.82. The Bertz CT molecular complexity index is 363. The zero-order valence-corrected chi connectivity index (χ0v) is 7.68. The minimum Gasteiger partial charge on any atom is -0.499 e. The van der Waals surface area contributed by atoms with Crippen LogP contribution in [0.2, 0.25) is 0 Å². The molecule has 1 aromatic carbocycles. The van der Waals surface area contributed by atoms with Crippen molar-refractivity contribution in [1.82, 2.24) is 0 Å². The predicted molar refractivity (Wildman–Crippen MR) is 47.9 cm³/mol. The van der Waals surface area contributed by atoms with Crippen molar-refractivity contribution in [3.8, 4) is 17.2 Å². The molecule has 0 aliphatic heterocycles. The average molecular weight is 199 g/mol. The summed E-state index contributed by atoms with van der Waals surface area (Å²) in [6.07, 6.45) is 0. The van der Waals surface area contributed by atoms with Crippen LogP contribution in [-0.4, -0.2) is 24.2 Å². The van der Waals surface area contributed by atoms with Gasteiger partial charge in [0.2, 0.25) is 11.5 Å². The first-order valence-corrected chi connectivity index (χ1v) is 3.70. The number of hydrogen-bond acceptors (Lipinski definition) is 5. The smallest absolute Gasteiger partial charge is 0.314 e. The highest BCUT2D eigenvalue weighted by Gasteiger charge is 2.21. The Labute approximate surface area is 79.8 Å². The molecule has 0 aromatic heterocycles. The van der Waals surface area contributed by atoms with E-state index < -0.39 is 16.4 Å². The molecule has 0 fully saturated rings. The van der Waals surface area contributed by atoms with Crippen LogP contribution < -0.4 is 9.47 Å². The lowest BCUT2D eigenvalue weighted by Gasteiger charge is -2.08. The highest BCUT2D eigenvalue weighted by Crippen LogP contribution is 2.42.